The third-order valence-corrected chi connectivity index (χ3v) is 8.42. The number of imidazole rings is 1. The molecule has 2 aromatic rings. The lowest BCUT2D eigenvalue weighted by molar-refractivity contribution is -0.117. The van der Waals surface area contributed by atoms with Crippen molar-refractivity contribution in [3.8, 4) is 0 Å². The van der Waals surface area contributed by atoms with Crippen LogP contribution in [-0.2, 0) is 9.53 Å². The van der Waals surface area contributed by atoms with E-state index < -0.39 is 0 Å². The number of ketones is 1. The molecule has 178 valence electrons. The van der Waals surface area contributed by atoms with Crippen LogP contribution >= 0.6 is 11.6 Å². The third-order valence-electron chi connectivity index (χ3n) is 8.12. The number of rotatable bonds is 5. The van der Waals surface area contributed by atoms with E-state index in [0.29, 0.717) is 42.3 Å². The summed E-state index contributed by atoms with van der Waals surface area (Å²) in [5.41, 5.74) is 1.85. The molecular formula is C26H34ClN3O3. The molecule has 5 rings (SSSR count). The number of aryl methyl sites for hydroxylation is 1. The van der Waals surface area contributed by atoms with Gasteiger partial charge in [-0.15, -0.1) is 0 Å². The van der Waals surface area contributed by atoms with E-state index in [0.717, 1.165) is 55.4 Å². The third kappa shape index (κ3) is 4.51. The molecule has 6 nitrogen and oxygen atoms in total. The number of halogens is 1. The number of hydrogen-bond donors (Lipinski definition) is 0. The van der Waals surface area contributed by atoms with E-state index in [9.17, 15) is 9.59 Å². The second-order valence-corrected chi connectivity index (χ2v) is 10.8. The van der Waals surface area contributed by atoms with Crippen LogP contribution in [0.5, 0.6) is 0 Å². The van der Waals surface area contributed by atoms with Gasteiger partial charge in [-0.05, 0) is 82.3 Å². The van der Waals surface area contributed by atoms with Crippen LogP contribution in [-0.4, -0.2) is 45.5 Å². The maximum atomic E-state index is 13.2. The molecule has 7 heteroatoms. The van der Waals surface area contributed by atoms with E-state index in [1.807, 2.05) is 30.0 Å². The van der Waals surface area contributed by atoms with Crippen molar-refractivity contribution in [3.63, 3.8) is 0 Å². The van der Waals surface area contributed by atoms with Crippen molar-refractivity contribution in [2.24, 2.45) is 17.8 Å². The van der Waals surface area contributed by atoms with E-state index in [2.05, 4.69) is 9.55 Å². The van der Waals surface area contributed by atoms with Crippen molar-refractivity contribution in [2.45, 2.75) is 77.4 Å². The van der Waals surface area contributed by atoms with Crippen LogP contribution < -0.4 is 0 Å². The number of aromatic nitrogens is 2. The smallest absolute Gasteiger partial charge is 0.410 e. The van der Waals surface area contributed by atoms with Crippen LogP contribution in [0.2, 0.25) is 5.02 Å². The molecule has 1 aliphatic heterocycles. The molecule has 2 aliphatic carbocycles. The van der Waals surface area contributed by atoms with Gasteiger partial charge in [0.2, 0.25) is 0 Å². The maximum absolute atomic E-state index is 13.2. The standard InChI is InChI=1S/C26H34ClN3O3/c1-16(31)9-10-18-13-19-5-3-6-20(14-18)25(19)33-26(32)29-12-11-21(15-29)30-17(2)28-23-8-4-7-22(27)24(23)30/h4,7-8,18-21,25H,3,5-6,9-15H2,1-2H3. The van der Waals surface area contributed by atoms with Crippen molar-refractivity contribution in [3.05, 3.63) is 29.0 Å². The van der Waals surface area contributed by atoms with Crippen LogP contribution in [0.4, 0.5) is 4.79 Å². The van der Waals surface area contributed by atoms with Crippen molar-refractivity contribution < 1.29 is 14.3 Å². The Kier molecular flexibility index (Phi) is 6.39. The number of para-hydroxylation sites is 1. The molecule has 3 fully saturated rings. The lowest BCUT2D eigenvalue weighted by atomic mass is 9.65. The number of amides is 1. The molecule has 1 aromatic carbocycles. The summed E-state index contributed by atoms with van der Waals surface area (Å²) in [6.07, 6.45) is 8.05. The Morgan fingerprint density at radius 3 is 2.67 bits per heavy atom. The molecule has 1 saturated heterocycles. The first kappa shape index (κ1) is 22.7. The average molecular weight is 472 g/mol. The summed E-state index contributed by atoms with van der Waals surface area (Å²) < 4.78 is 8.39. The highest BCUT2D eigenvalue weighted by Gasteiger charge is 2.43. The minimum Gasteiger partial charge on any atom is -0.446 e. The van der Waals surface area contributed by atoms with Crippen LogP contribution in [0.15, 0.2) is 18.2 Å². The Morgan fingerprint density at radius 2 is 1.94 bits per heavy atom. The normalized spacial score (nSPS) is 29.4. The maximum Gasteiger partial charge on any atom is 0.410 e. The summed E-state index contributed by atoms with van der Waals surface area (Å²) in [7, 11) is 0. The summed E-state index contributed by atoms with van der Waals surface area (Å²) >= 11 is 6.50. The number of likely N-dealkylation sites (tertiary alicyclic amines) is 1. The van der Waals surface area contributed by atoms with Gasteiger partial charge in [-0.25, -0.2) is 9.78 Å². The summed E-state index contributed by atoms with van der Waals surface area (Å²) in [4.78, 5) is 31.1. The molecule has 2 saturated carbocycles. The van der Waals surface area contributed by atoms with Crippen LogP contribution in [0.25, 0.3) is 11.0 Å². The summed E-state index contributed by atoms with van der Waals surface area (Å²) in [5, 5.41) is 0.698. The first-order chi connectivity index (χ1) is 15.9. The second kappa shape index (κ2) is 9.28. The Hall–Kier alpha value is -2.08. The minimum atomic E-state index is -0.172. The number of ether oxygens (including phenoxy) is 1. The predicted octanol–water partition coefficient (Wildman–Crippen LogP) is 5.95. The number of Topliss-reactive ketones (excluding diaryl/α,β-unsaturated/α-hetero) is 1. The molecule has 3 aliphatic rings. The Morgan fingerprint density at radius 1 is 1.18 bits per heavy atom. The van der Waals surface area contributed by atoms with Gasteiger partial charge in [-0.2, -0.15) is 0 Å². The van der Waals surface area contributed by atoms with Crippen LogP contribution in [0.3, 0.4) is 0 Å². The highest BCUT2D eigenvalue weighted by Crippen LogP contribution is 2.46. The monoisotopic (exact) mass is 471 g/mol. The summed E-state index contributed by atoms with van der Waals surface area (Å²) in [5.74, 6) is 2.68. The van der Waals surface area contributed by atoms with Gasteiger partial charge >= 0.3 is 6.09 Å². The molecular weight excluding hydrogens is 438 g/mol. The quantitative estimate of drug-likeness (QED) is 0.540. The van der Waals surface area contributed by atoms with Crippen LogP contribution in [0, 0.1) is 24.7 Å². The van der Waals surface area contributed by atoms with E-state index in [1.54, 1.807) is 6.92 Å². The molecule has 0 spiro atoms. The van der Waals surface area contributed by atoms with Crippen molar-refractivity contribution >= 4 is 34.5 Å². The lowest BCUT2D eigenvalue weighted by Crippen LogP contribution is -2.45. The molecule has 1 aromatic heterocycles. The highest BCUT2D eigenvalue weighted by atomic mass is 35.5. The molecule has 0 radical (unpaired) electrons. The van der Waals surface area contributed by atoms with E-state index >= 15 is 0 Å². The zero-order chi connectivity index (χ0) is 23.1. The Balaban J connectivity index is 1.24. The fourth-order valence-corrected chi connectivity index (χ4v) is 6.89. The fourth-order valence-electron chi connectivity index (χ4n) is 6.63. The Bertz CT molecular complexity index is 1040. The number of nitrogens with zero attached hydrogens (tertiary/aromatic N) is 3. The molecule has 3 unspecified atom stereocenters. The molecule has 1 amide bonds. The Labute approximate surface area is 200 Å². The van der Waals surface area contributed by atoms with Gasteiger partial charge in [-0.1, -0.05) is 24.1 Å². The van der Waals surface area contributed by atoms with Crippen LogP contribution in [0.1, 0.15) is 70.2 Å². The number of benzene rings is 1. The van der Waals surface area contributed by atoms with E-state index in [-0.39, 0.29) is 24.0 Å². The number of hydrogen-bond acceptors (Lipinski definition) is 4. The predicted molar refractivity (Wildman–Crippen MR) is 128 cm³/mol. The number of fused-ring (bicyclic) bond motifs is 3. The second-order valence-electron chi connectivity index (χ2n) is 10.4. The van der Waals surface area contributed by atoms with Gasteiger partial charge in [0.15, 0.2) is 0 Å². The largest absolute Gasteiger partial charge is 0.446 e. The van der Waals surface area contributed by atoms with Gasteiger partial charge in [0, 0.05) is 19.5 Å². The highest BCUT2D eigenvalue weighted by molar-refractivity contribution is 6.35. The fraction of sp³-hybridized carbons (Fsp3) is 0.654. The average Bonchev–Trinajstić information content (AvgIpc) is 3.37. The molecule has 2 heterocycles. The van der Waals surface area contributed by atoms with Gasteiger partial charge in [0.05, 0.1) is 22.1 Å². The molecule has 2 bridgehead atoms. The number of carbonyl (C=O) groups excluding carboxylic acids is 2. The molecule has 3 atom stereocenters. The van der Waals surface area contributed by atoms with Gasteiger partial charge in [-0.3, -0.25) is 0 Å². The van der Waals surface area contributed by atoms with Gasteiger partial charge in [0.1, 0.15) is 17.7 Å². The first-order valence-corrected chi connectivity index (χ1v) is 12.9. The lowest BCUT2D eigenvalue weighted by Gasteiger charge is -2.45. The van der Waals surface area contributed by atoms with Crippen molar-refractivity contribution in [1.82, 2.24) is 14.5 Å². The van der Waals surface area contributed by atoms with E-state index in [1.165, 1.54) is 6.42 Å². The summed E-state index contributed by atoms with van der Waals surface area (Å²) in [6, 6.07) is 5.96. The summed E-state index contributed by atoms with van der Waals surface area (Å²) in [6.45, 7) is 5.00. The van der Waals surface area contributed by atoms with Crippen molar-refractivity contribution in [1.29, 1.82) is 0 Å². The van der Waals surface area contributed by atoms with Gasteiger partial charge < -0.3 is 19.0 Å². The van der Waals surface area contributed by atoms with Gasteiger partial charge in [0.25, 0.3) is 0 Å². The topological polar surface area (TPSA) is 64.4 Å². The molecule has 33 heavy (non-hydrogen) atoms. The van der Waals surface area contributed by atoms with Crippen molar-refractivity contribution in [2.75, 3.05) is 13.1 Å². The zero-order valence-electron chi connectivity index (χ0n) is 19.6. The van der Waals surface area contributed by atoms with E-state index in [4.69, 9.17) is 16.3 Å². The SMILES string of the molecule is CC(=O)CCC1CC2CCCC(C1)C2OC(=O)N1CCC(n2c(C)nc3cccc(Cl)c32)C1. The number of carbonyl (C=O) groups is 2. The minimum absolute atomic E-state index is 0.0316. The first-order valence-electron chi connectivity index (χ1n) is 12.5. The molecule has 0 N–H and O–H groups in total. The zero-order valence-corrected chi connectivity index (χ0v) is 20.4.